The molecule has 1 saturated carbocycles. The van der Waals surface area contributed by atoms with Gasteiger partial charge in [-0.25, -0.2) is 0 Å². The number of nitrogens with zero attached hydrogens (tertiary/aromatic N) is 1. The Morgan fingerprint density at radius 3 is 2.67 bits per heavy atom. The van der Waals surface area contributed by atoms with Crippen LogP contribution in [0.2, 0.25) is 0 Å². The van der Waals surface area contributed by atoms with E-state index < -0.39 is 0 Å². The van der Waals surface area contributed by atoms with Gasteiger partial charge in [-0.2, -0.15) is 0 Å². The number of alkyl halides is 1. The second kappa shape index (κ2) is 3.38. The van der Waals surface area contributed by atoms with E-state index in [0.29, 0.717) is 16.9 Å². The molecule has 0 aromatic heterocycles. The van der Waals surface area contributed by atoms with Crippen LogP contribution >= 0.6 is 11.6 Å². The van der Waals surface area contributed by atoms with Crippen molar-refractivity contribution in [1.82, 2.24) is 4.90 Å². The van der Waals surface area contributed by atoms with Gasteiger partial charge in [-0.05, 0) is 30.1 Å². The highest BCUT2D eigenvalue weighted by Crippen LogP contribution is 2.52. The number of halogens is 1. The molecule has 86 valence electrons. The van der Waals surface area contributed by atoms with Crippen molar-refractivity contribution in [3.8, 4) is 0 Å². The van der Waals surface area contributed by atoms with Crippen molar-refractivity contribution in [2.45, 2.75) is 46.1 Å². The Bertz CT molecular complexity index is 289. The van der Waals surface area contributed by atoms with Crippen LogP contribution in [-0.4, -0.2) is 29.3 Å². The summed E-state index contributed by atoms with van der Waals surface area (Å²) in [6.07, 6.45) is 3.52. The van der Waals surface area contributed by atoms with Crippen molar-refractivity contribution < 1.29 is 4.79 Å². The number of rotatable bonds is 1. The van der Waals surface area contributed by atoms with E-state index in [4.69, 9.17) is 11.6 Å². The lowest BCUT2D eigenvalue weighted by atomic mass is 9.65. The number of hydrogen-bond acceptors (Lipinski definition) is 1. The number of amides is 1. The highest BCUT2D eigenvalue weighted by Gasteiger charge is 2.50. The van der Waals surface area contributed by atoms with Gasteiger partial charge in [0.1, 0.15) is 5.88 Å². The zero-order chi connectivity index (χ0) is 11.3. The molecule has 2 atom stereocenters. The molecule has 0 radical (unpaired) electrons. The average molecular weight is 230 g/mol. The van der Waals surface area contributed by atoms with Gasteiger partial charge in [0.15, 0.2) is 0 Å². The molecule has 3 heteroatoms. The molecule has 2 aliphatic rings. The highest BCUT2D eigenvalue weighted by molar-refractivity contribution is 6.27. The molecule has 0 spiro atoms. The van der Waals surface area contributed by atoms with Crippen molar-refractivity contribution in [2.75, 3.05) is 12.4 Å². The molecule has 1 aliphatic carbocycles. The van der Waals surface area contributed by atoms with Gasteiger partial charge in [-0.3, -0.25) is 4.79 Å². The molecule has 0 aromatic carbocycles. The zero-order valence-corrected chi connectivity index (χ0v) is 10.6. The fourth-order valence-corrected chi connectivity index (χ4v) is 3.98. The van der Waals surface area contributed by atoms with E-state index in [-0.39, 0.29) is 11.8 Å². The van der Waals surface area contributed by atoms with E-state index in [1.54, 1.807) is 0 Å². The maximum Gasteiger partial charge on any atom is 0.237 e. The molecule has 2 nitrogen and oxygen atoms in total. The molecular formula is C12H20ClNO. The minimum absolute atomic E-state index is 0.114. The quantitative estimate of drug-likeness (QED) is 0.633. The summed E-state index contributed by atoms with van der Waals surface area (Å²) >= 11 is 5.65. The Morgan fingerprint density at radius 2 is 2.07 bits per heavy atom. The zero-order valence-electron chi connectivity index (χ0n) is 9.85. The molecule has 0 N–H and O–H groups in total. The third-order valence-corrected chi connectivity index (χ3v) is 4.08. The number of carbonyl (C=O) groups excluding carboxylic acids is 1. The van der Waals surface area contributed by atoms with Gasteiger partial charge < -0.3 is 4.90 Å². The fourth-order valence-electron chi connectivity index (χ4n) is 3.83. The monoisotopic (exact) mass is 229 g/mol. The van der Waals surface area contributed by atoms with Crippen molar-refractivity contribution in [3.05, 3.63) is 0 Å². The summed E-state index contributed by atoms with van der Waals surface area (Å²) < 4.78 is 0. The smallest absolute Gasteiger partial charge is 0.237 e. The predicted molar refractivity (Wildman–Crippen MR) is 62.0 cm³/mol. The minimum atomic E-state index is 0.114. The number of fused-ring (bicyclic) bond motifs is 2. The average Bonchev–Trinajstić information content (AvgIpc) is 2.33. The standard InChI is InChI=1S/C12H20ClNO/c1-11(2)4-9-5-12(3,7-11)8-14(9)10(15)6-13/h9H,4-8H2,1-3H3/t9-,12-/m0/s1. The normalized spacial score (nSPS) is 38.1. The lowest BCUT2D eigenvalue weighted by Gasteiger charge is -2.39. The van der Waals surface area contributed by atoms with Crippen molar-refractivity contribution in [1.29, 1.82) is 0 Å². The van der Waals surface area contributed by atoms with Crippen LogP contribution in [0.15, 0.2) is 0 Å². The van der Waals surface area contributed by atoms with Crippen LogP contribution < -0.4 is 0 Å². The first-order valence-electron chi connectivity index (χ1n) is 5.71. The lowest BCUT2D eigenvalue weighted by molar-refractivity contribution is -0.129. The predicted octanol–water partition coefficient (Wildman–Crippen LogP) is 2.65. The molecule has 2 rings (SSSR count). The van der Waals surface area contributed by atoms with Crippen LogP contribution in [0.4, 0.5) is 0 Å². The van der Waals surface area contributed by atoms with E-state index in [9.17, 15) is 4.79 Å². The van der Waals surface area contributed by atoms with Gasteiger partial charge in [-0.1, -0.05) is 20.8 Å². The van der Waals surface area contributed by atoms with E-state index >= 15 is 0 Å². The molecule has 1 saturated heterocycles. The van der Waals surface area contributed by atoms with Gasteiger partial charge in [-0.15, -0.1) is 11.6 Å². The van der Waals surface area contributed by atoms with Crippen LogP contribution in [0.1, 0.15) is 40.0 Å². The van der Waals surface area contributed by atoms with Crippen LogP contribution in [-0.2, 0) is 4.79 Å². The van der Waals surface area contributed by atoms with E-state index in [1.165, 1.54) is 12.8 Å². The summed E-state index contributed by atoms with van der Waals surface area (Å²) in [5.41, 5.74) is 0.702. The number of carbonyl (C=O) groups is 1. The molecule has 1 amide bonds. The first-order valence-corrected chi connectivity index (χ1v) is 6.24. The highest BCUT2D eigenvalue weighted by atomic mass is 35.5. The number of likely N-dealkylation sites (tertiary alicyclic amines) is 1. The van der Waals surface area contributed by atoms with E-state index in [0.717, 1.165) is 13.0 Å². The van der Waals surface area contributed by atoms with Crippen LogP contribution in [0.3, 0.4) is 0 Å². The second-order valence-electron chi connectivity index (χ2n) is 6.37. The molecule has 2 bridgehead atoms. The molecule has 0 aromatic rings. The molecule has 0 unspecified atom stereocenters. The Morgan fingerprint density at radius 1 is 1.40 bits per heavy atom. The topological polar surface area (TPSA) is 20.3 Å². The van der Waals surface area contributed by atoms with Gasteiger partial charge in [0.25, 0.3) is 0 Å². The molecule has 1 heterocycles. The Hall–Kier alpha value is -0.240. The van der Waals surface area contributed by atoms with E-state index in [1.807, 2.05) is 4.90 Å². The first kappa shape index (κ1) is 11.3. The third-order valence-electron chi connectivity index (χ3n) is 3.85. The lowest BCUT2D eigenvalue weighted by Crippen LogP contribution is -2.38. The second-order valence-corrected chi connectivity index (χ2v) is 6.64. The molecule has 2 fully saturated rings. The SMILES string of the molecule is CC1(C)C[C@H]2C[C@](C)(CN2C(=O)CCl)C1. The number of hydrogen-bond donors (Lipinski definition) is 0. The Balaban J connectivity index is 2.20. The van der Waals surface area contributed by atoms with E-state index in [2.05, 4.69) is 20.8 Å². The minimum Gasteiger partial charge on any atom is -0.338 e. The Labute approximate surface area is 97.0 Å². The largest absolute Gasteiger partial charge is 0.338 e. The van der Waals surface area contributed by atoms with Gasteiger partial charge in [0, 0.05) is 12.6 Å². The van der Waals surface area contributed by atoms with Gasteiger partial charge in [0.05, 0.1) is 0 Å². The molecule has 1 aliphatic heterocycles. The van der Waals surface area contributed by atoms with Crippen molar-refractivity contribution in [3.63, 3.8) is 0 Å². The van der Waals surface area contributed by atoms with Gasteiger partial charge >= 0.3 is 0 Å². The fraction of sp³-hybridized carbons (Fsp3) is 0.917. The maximum atomic E-state index is 11.7. The summed E-state index contributed by atoms with van der Waals surface area (Å²) in [6, 6.07) is 0.435. The van der Waals surface area contributed by atoms with Crippen molar-refractivity contribution >= 4 is 17.5 Å². The molecule has 15 heavy (non-hydrogen) atoms. The van der Waals surface area contributed by atoms with Crippen LogP contribution in [0, 0.1) is 10.8 Å². The molecular weight excluding hydrogens is 210 g/mol. The van der Waals surface area contributed by atoms with Crippen LogP contribution in [0.5, 0.6) is 0 Å². The summed E-state index contributed by atoms with van der Waals surface area (Å²) in [5, 5.41) is 0. The van der Waals surface area contributed by atoms with Crippen LogP contribution in [0.25, 0.3) is 0 Å². The summed E-state index contributed by atoms with van der Waals surface area (Å²) in [5.74, 6) is 0.246. The summed E-state index contributed by atoms with van der Waals surface area (Å²) in [4.78, 5) is 13.7. The third kappa shape index (κ3) is 2.01. The first-order chi connectivity index (χ1) is 6.85. The van der Waals surface area contributed by atoms with Gasteiger partial charge in [0.2, 0.25) is 5.91 Å². The van der Waals surface area contributed by atoms with Crippen molar-refractivity contribution in [2.24, 2.45) is 10.8 Å². The summed E-state index contributed by atoms with van der Waals surface area (Å²) in [6.45, 7) is 7.84. The maximum absolute atomic E-state index is 11.7. The summed E-state index contributed by atoms with van der Waals surface area (Å²) in [7, 11) is 0. The Kier molecular flexibility index (Phi) is 2.53.